The molecule has 2 heterocycles. The third-order valence-electron chi connectivity index (χ3n) is 6.02. The van der Waals surface area contributed by atoms with Crippen molar-refractivity contribution in [3.05, 3.63) is 65.9 Å². The lowest BCUT2D eigenvalue weighted by molar-refractivity contribution is 0.0687. The van der Waals surface area contributed by atoms with E-state index in [0.717, 1.165) is 11.1 Å². The van der Waals surface area contributed by atoms with E-state index >= 15 is 0 Å². The number of aromatic nitrogens is 1. The second-order valence-corrected chi connectivity index (χ2v) is 10.3. The van der Waals surface area contributed by atoms with E-state index < -0.39 is 10.0 Å². The molecular formula is C24H27N3O4S. The molecular weight excluding hydrogens is 426 g/mol. The Labute approximate surface area is 188 Å². The highest BCUT2D eigenvalue weighted by Gasteiger charge is 2.30. The van der Waals surface area contributed by atoms with Crippen molar-refractivity contribution in [3.8, 4) is 22.8 Å². The van der Waals surface area contributed by atoms with Gasteiger partial charge in [-0.25, -0.2) is 17.7 Å². The summed E-state index contributed by atoms with van der Waals surface area (Å²) in [6.07, 6.45) is 4.10. The molecule has 1 aromatic heterocycles. The molecule has 3 aromatic rings. The Morgan fingerprint density at radius 3 is 2.41 bits per heavy atom. The summed E-state index contributed by atoms with van der Waals surface area (Å²) in [4.78, 5) is 19.5. The zero-order valence-electron chi connectivity index (χ0n) is 18.5. The maximum absolute atomic E-state index is 13.3. The number of hydrogen-bond acceptors (Lipinski definition) is 5. The Bertz CT molecular complexity index is 1210. The number of benzene rings is 2. The molecule has 1 aliphatic heterocycles. The van der Waals surface area contributed by atoms with Crippen molar-refractivity contribution < 1.29 is 17.6 Å². The van der Waals surface area contributed by atoms with Gasteiger partial charge in [0.05, 0.1) is 18.0 Å². The number of hydrogen-bond donors (Lipinski definition) is 0. The average molecular weight is 454 g/mol. The number of amides is 1. The Morgan fingerprint density at radius 1 is 1.09 bits per heavy atom. The molecule has 1 fully saturated rings. The zero-order chi connectivity index (χ0) is 22.9. The van der Waals surface area contributed by atoms with Gasteiger partial charge >= 0.3 is 0 Å². The highest BCUT2D eigenvalue weighted by Crippen LogP contribution is 2.30. The average Bonchev–Trinajstić information content (AvgIpc) is 3.28. The van der Waals surface area contributed by atoms with Crippen LogP contribution in [0.2, 0.25) is 0 Å². The normalized spacial score (nSPS) is 15.3. The highest BCUT2D eigenvalue weighted by molar-refractivity contribution is 7.88. The van der Waals surface area contributed by atoms with Gasteiger partial charge in [-0.3, -0.25) is 4.79 Å². The highest BCUT2D eigenvalue weighted by atomic mass is 32.2. The molecule has 0 atom stereocenters. The van der Waals surface area contributed by atoms with Crippen molar-refractivity contribution in [2.24, 2.45) is 0 Å². The van der Waals surface area contributed by atoms with Gasteiger partial charge in [0.1, 0.15) is 0 Å². The molecule has 0 saturated carbocycles. The Kier molecular flexibility index (Phi) is 6.17. The van der Waals surface area contributed by atoms with Crippen molar-refractivity contribution in [1.82, 2.24) is 14.2 Å². The van der Waals surface area contributed by atoms with Crippen LogP contribution in [0.4, 0.5) is 0 Å². The number of carbonyl (C=O) groups excluding carboxylic acids is 1. The molecule has 0 bridgehead atoms. The molecule has 0 aliphatic carbocycles. The van der Waals surface area contributed by atoms with Gasteiger partial charge in [0.25, 0.3) is 5.91 Å². The summed E-state index contributed by atoms with van der Waals surface area (Å²) in [5.41, 5.74) is 3.26. The Hall–Kier alpha value is -2.97. The standard InChI is InChI=1S/C24H27N3O4S/c1-17-8-10-18(11-9-17)22-16-25-23(31-22)20-6-4-5-7-21(20)24(28)27-14-12-19(13-15-27)26(2)32(3,29)30/h4-11,16,19H,12-15H2,1-3H3. The fourth-order valence-corrected chi connectivity index (χ4v) is 4.73. The summed E-state index contributed by atoms with van der Waals surface area (Å²) in [5, 5.41) is 0. The summed E-state index contributed by atoms with van der Waals surface area (Å²) in [6.45, 7) is 3.02. The van der Waals surface area contributed by atoms with E-state index in [9.17, 15) is 13.2 Å². The summed E-state index contributed by atoms with van der Waals surface area (Å²) in [5.74, 6) is 0.944. The van der Waals surface area contributed by atoms with Crippen LogP contribution in [0.1, 0.15) is 28.8 Å². The molecule has 2 aromatic carbocycles. The summed E-state index contributed by atoms with van der Waals surface area (Å²) in [6, 6.07) is 15.2. The van der Waals surface area contributed by atoms with Crippen LogP contribution in [0.3, 0.4) is 0 Å². The van der Waals surface area contributed by atoms with Crippen molar-refractivity contribution in [1.29, 1.82) is 0 Å². The van der Waals surface area contributed by atoms with Crippen LogP contribution in [0.25, 0.3) is 22.8 Å². The van der Waals surface area contributed by atoms with Crippen LogP contribution in [0, 0.1) is 6.92 Å². The minimum Gasteiger partial charge on any atom is -0.436 e. The molecule has 168 valence electrons. The number of oxazole rings is 1. The predicted molar refractivity (Wildman–Crippen MR) is 124 cm³/mol. The van der Waals surface area contributed by atoms with Crippen LogP contribution >= 0.6 is 0 Å². The molecule has 0 N–H and O–H groups in total. The van der Waals surface area contributed by atoms with Crippen LogP contribution < -0.4 is 0 Å². The zero-order valence-corrected chi connectivity index (χ0v) is 19.3. The van der Waals surface area contributed by atoms with Gasteiger partial charge in [-0.2, -0.15) is 0 Å². The minimum absolute atomic E-state index is 0.0897. The lowest BCUT2D eigenvalue weighted by atomic mass is 10.0. The first-order valence-electron chi connectivity index (χ1n) is 10.6. The maximum atomic E-state index is 13.3. The lowest BCUT2D eigenvalue weighted by Gasteiger charge is -2.35. The van der Waals surface area contributed by atoms with Crippen LogP contribution in [0.5, 0.6) is 0 Å². The molecule has 1 amide bonds. The molecule has 7 nitrogen and oxygen atoms in total. The van der Waals surface area contributed by atoms with Crippen LogP contribution in [-0.2, 0) is 10.0 Å². The first kappa shape index (κ1) is 22.2. The molecule has 4 rings (SSSR count). The number of rotatable bonds is 5. The fourth-order valence-electron chi connectivity index (χ4n) is 3.98. The molecule has 1 aliphatic rings. The molecule has 32 heavy (non-hydrogen) atoms. The van der Waals surface area contributed by atoms with Crippen LogP contribution in [-0.4, -0.2) is 60.9 Å². The Morgan fingerprint density at radius 2 is 1.75 bits per heavy atom. The molecule has 1 saturated heterocycles. The third-order valence-corrected chi connectivity index (χ3v) is 7.36. The van der Waals surface area contributed by atoms with E-state index in [1.54, 1.807) is 24.2 Å². The Balaban J connectivity index is 1.53. The number of likely N-dealkylation sites (tertiary alicyclic amines) is 1. The van der Waals surface area contributed by atoms with Gasteiger partial charge in [-0.1, -0.05) is 42.0 Å². The first-order chi connectivity index (χ1) is 15.2. The first-order valence-corrected chi connectivity index (χ1v) is 12.4. The second kappa shape index (κ2) is 8.88. The second-order valence-electron chi connectivity index (χ2n) is 8.24. The fraction of sp³-hybridized carbons (Fsp3) is 0.333. The van der Waals surface area contributed by atoms with E-state index in [-0.39, 0.29) is 11.9 Å². The van der Waals surface area contributed by atoms with Gasteiger partial charge < -0.3 is 9.32 Å². The predicted octanol–water partition coefficient (Wildman–Crippen LogP) is 3.81. The largest absolute Gasteiger partial charge is 0.436 e. The van der Waals surface area contributed by atoms with Crippen molar-refractivity contribution in [2.75, 3.05) is 26.4 Å². The van der Waals surface area contributed by atoms with Crippen molar-refractivity contribution in [3.63, 3.8) is 0 Å². The number of piperidine rings is 1. The third kappa shape index (κ3) is 4.61. The van der Waals surface area contributed by atoms with E-state index in [2.05, 4.69) is 4.98 Å². The van der Waals surface area contributed by atoms with Crippen LogP contribution in [0.15, 0.2) is 59.1 Å². The molecule has 0 unspecified atom stereocenters. The monoisotopic (exact) mass is 453 g/mol. The topological polar surface area (TPSA) is 83.7 Å². The van der Waals surface area contributed by atoms with E-state index in [1.807, 2.05) is 49.4 Å². The van der Waals surface area contributed by atoms with E-state index in [4.69, 9.17) is 4.42 Å². The molecule has 0 spiro atoms. The smallest absolute Gasteiger partial charge is 0.254 e. The summed E-state index contributed by atoms with van der Waals surface area (Å²) < 4.78 is 31.0. The van der Waals surface area contributed by atoms with Gasteiger partial charge in [-0.05, 0) is 31.9 Å². The minimum atomic E-state index is -3.25. The van der Waals surface area contributed by atoms with E-state index in [0.29, 0.717) is 48.7 Å². The summed E-state index contributed by atoms with van der Waals surface area (Å²) >= 11 is 0. The van der Waals surface area contributed by atoms with Crippen molar-refractivity contribution in [2.45, 2.75) is 25.8 Å². The van der Waals surface area contributed by atoms with Gasteiger partial charge in [0, 0.05) is 37.3 Å². The van der Waals surface area contributed by atoms with Gasteiger partial charge in [0.15, 0.2) is 5.76 Å². The van der Waals surface area contributed by atoms with Crippen molar-refractivity contribution >= 4 is 15.9 Å². The van der Waals surface area contributed by atoms with Gasteiger partial charge in [-0.15, -0.1) is 0 Å². The quantitative estimate of drug-likeness (QED) is 0.587. The summed E-state index contributed by atoms with van der Waals surface area (Å²) in [7, 11) is -1.65. The number of carbonyl (C=O) groups is 1. The van der Waals surface area contributed by atoms with Gasteiger partial charge in [0.2, 0.25) is 15.9 Å². The maximum Gasteiger partial charge on any atom is 0.254 e. The van der Waals surface area contributed by atoms with E-state index in [1.165, 1.54) is 10.6 Å². The number of nitrogens with zero attached hydrogens (tertiary/aromatic N) is 3. The number of aryl methyl sites for hydroxylation is 1. The SMILES string of the molecule is Cc1ccc(-c2cnc(-c3ccccc3C(=O)N3CCC(N(C)S(C)(=O)=O)CC3)o2)cc1. The molecule has 0 radical (unpaired) electrons. The lowest BCUT2D eigenvalue weighted by Crippen LogP contribution is -2.47. The molecule has 8 heteroatoms. The number of sulfonamides is 1.